The van der Waals surface area contributed by atoms with Gasteiger partial charge in [-0.15, -0.1) is 0 Å². The number of rotatable bonds is 5. The summed E-state index contributed by atoms with van der Waals surface area (Å²) in [6, 6.07) is 10.0. The highest BCUT2D eigenvalue weighted by atomic mass is 35.5. The first-order valence-electron chi connectivity index (χ1n) is 10.6. The molecular formula is C22H21ClN4O6S2. The predicted octanol–water partition coefficient (Wildman–Crippen LogP) is 4.08. The number of carbonyl (C=O) groups excluding carboxylic acids is 2. The van der Waals surface area contributed by atoms with E-state index in [4.69, 9.17) is 16.7 Å². The van der Waals surface area contributed by atoms with Crippen LogP contribution in [-0.4, -0.2) is 60.3 Å². The van der Waals surface area contributed by atoms with Crippen molar-refractivity contribution < 1.29 is 27.9 Å². The molecule has 3 aromatic rings. The number of sulfone groups is 1. The van der Waals surface area contributed by atoms with Crippen LogP contribution in [0.1, 0.15) is 23.2 Å². The van der Waals surface area contributed by atoms with Crippen LogP contribution in [0.4, 0.5) is 14.7 Å². The number of imide groups is 1. The lowest BCUT2D eigenvalue weighted by Crippen LogP contribution is -2.39. The van der Waals surface area contributed by atoms with E-state index in [-0.39, 0.29) is 32.3 Å². The van der Waals surface area contributed by atoms with Gasteiger partial charge in [-0.3, -0.25) is 15.4 Å². The van der Waals surface area contributed by atoms with Gasteiger partial charge in [0.2, 0.25) is 0 Å². The number of carbonyl (C=O) groups is 3. The molecule has 4 rings (SSSR count). The van der Waals surface area contributed by atoms with Crippen LogP contribution in [0, 0.1) is 5.92 Å². The van der Waals surface area contributed by atoms with Crippen LogP contribution in [0.15, 0.2) is 47.4 Å². The minimum absolute atomic E-state index is 0.0670. The number of aromatic nitrogens is 1. The molecule has 2 heterocycles. The number of carboxylic acid groups (broad SMARTS) is 1. The summed E-state index contributed by atoms with van der Waals surface area (Å²) >= 11 is 7.05. The standard InChI is InChI=1S/C22H21ClN4O6S2/c23-16-4-2-1-3-15(16)19(28)25-20(29)26-21-24-17-6-5-14(11-18(17)34-21)35(32,33)12-13-7-9-27(10-8-13)22(30)31/h1-6,11,13H,7-10,12H2,(H,30,31)(H2,24,25,26,28,29). The number of fused-ring (bicyclic) bond motifs is 1. The average Bonchev–Trinajstić information content (AvgIpc) is 3.20. The number of hydrogen-bond acceptors (Lipinski definition) is 7. The molecule has 0 atom stereocenters. The Labute approximate surface area is 209 Å². The van der Waals surface area contributed by atoms with Crippen molar-refractivity contribution in [2.24, 2.45) is 5.92 Å². The minimum atomic E-state index is -3.60. The van der Waals surface area contributed by atoms with Crippen molar-refractivity contribution in [3.63, 3.8) is 0 Å². The van der Waals surface area contributed by atoms with Gasteiger partial charge in [0, 0.05) is 13.1 Å². The highest BCUT2D eigenvalue weighted by Crippen LogP contribution is 2.30. The number of urea groups is 1. The summed E-state index contributed by atoms with van der Waals surface area (Å²) in [5.74, 6) is -0.858. The van der Waals surface area contributed by atoms with Gasteiger partial charge in [0.1, 0.15) is 0 Å². The molecule has 184 valence electrons. The van der Waals surface area contributed by atoms with E-state index in [1.165, 1.54) is 29.2 Å². The fourth-order valence-electron chi connectivity index (χ4n) is 3.79. The lowest BCUT2D eigenvalue weighted by molar-refractivity contribution is 0.0967. The number of halogens is 1. The van der Waals surface area contributed by atoms with Crippen LogP contribution in [0.3, 0.4) is 0 Å². The van der Waals surface area contributed by atoms with Crippen molar-refractivity contribution in [2.45, 2.75) is 17.7 Å². The van der Waals surface area contributed by atoms with Gasteiger partial charge in [-0.1, -0.05) is 35.1 Å². The largest absolute Gasteiger partial charge is 0.465 e. The number of amides is 4. The molecule has 1 aliphatic heterocycles. The third kappa shape index (κ3) is 5.89. The van der Waals surface area contributed by atoms with Gasteiger partial charge < -0.3 is 10.0 Å². The van der Waals surface area contributed by atoms with E-state index < -0.39 is 27.9 Å². The highest BCUT2D eigenvalue weighted by molar-refractivity contribution is 7.91. The number of benzene rings is 2. The summed E-state index contributed by atoms with van der Waals surface area (Å²) in [6.07, 6.45) is -0.0113. The monoisotopic (exact) mass is 536 g/mol. The maximum atomic E-state index is 13.0. The number of anilines is 1. The normalized spacial score (nSPS) is 14.6. The fourth-order valence-corrected chi connectivity index (χ4v) is 6.71. The SMILES string of the molecule is O=C(NC(=O)c1ccccc1Cl)Nc1nc2ccc(S(=O)(=O)CC3CCN(C(=O)O)CC3)cc2s1. The molecule has 1 aromatic heterocycles. The first kappa shape index (κ1) is 24.9. The zero-order valence-corrected chi connectivity index (χ0v) is 20.6. The lowest BCUT2D eigenvalue weighted by Gasteiger charge is -2.29. The Kier molecular flexibility index (Phi) is 7.24. The van der Waals surface area contributed by atoms with Crippen molar-refractivity contribution in [1.82, 2.24) is 15.2 Å². The number of piperidine rings is 1. The zero-order valence-electron chi connectivity index (χ0n) is 18.2. The summed E-state index contributed by atoms with van der Waals surface area (Å²) in [5, 5.41) is 14.1. The highest BCUT2D eigenvalue weighted by Gasteiger charge is 2.27. The van der Waals surface area contributed by atoms with E-state index in [1.807, 2.05) is 0 Å². The van der Waals surface area contributed by atoms with Crippen LogP contribution in [0.25, 0.3) is 10.2 Å². The Hall–Kier alpha value is -3.22. The smallest absolute Gasteiger partial charge is 0.407 e. The summed E-state index contributed by atoms with van der Waals surface area (Å²) in [4.78, 5) is 41.2. The van der Waals surface area contributed by atoms with Crippen molar-refractivity contribution in [1.29, 1.82) is 0 Å². The van der Waals surface area contributed by atoms with Gasteiger partial charge in [-0.05, 0) is 49.1 Å². The van der Waals surface area contributed by atoms with Crippen molar-refractivity contribution in [2.75, 3.05) is 24.2 Å². The van der Waals surface area contributed by atoms with Gasteiger partial charge in [0.15, 0.2) is 15.0 Å². The van der Waals surface area contributed by atoms with Crippen molar-refractivity contribution in [3.8, 4) is 0 Å². The predicted molar refractivity (Wildman–Crippen MR) is 132 cm³/mol. The topological polar surface area (TPSA) is 146 Å². The summed E-state index contributed by atoms with van der Waals surface area (Å²) in [7, 11) is -3.60. The Morgan fingerprint density at radius 3 is 2.54 bits per heavy atom. The second kappa shape index (κ2) is 10.2. The molecule has 0 spiro atoms. The first-order chi connectivity index (χ1) is 16.6. The third-order valence-corrected chi connectivity index (χ3v) is 8.77. The van der Waals surface area contributed by atoms with E-state index in [2.05, 4.69) is 15.6 Å². The average molecular weight is 537 g/mol. The summed E-state index contributed by atoms with van der Waals surface area (Å²) in [5.41, 5.74) is 0.647. The molecule has 0 saturated carbocycles. The van der Waals surface area contributed by atoms with Crippen LogP contribution >= 0.6 is 22.9 Å². The molecule has 0 radical (unpaired) electrons. The fraction of sp³-hybridized carbons (Fsp3) is 0.273. The van der Waals surface area contributed by atoms with Gasteiger partial charge >= 0.3 is 12.1 Å². The van der Waals surface area contributed by atoms with E-state index >= 15 is 0 Å². The van der Waals surface area contributed by atoms with Gasteiger partial charge in [-0.2, -0.15) is 0 Å². The second-order valence-corrected chi connectivity index (χ2v) is 11.5. The number of nitrogens with zero attached hydrogens (tertiary/aromatic N) is 2. The second-order valence-electron chi connectivity index (χ2n) is 8.03. The molecule has 0 aliphatic carbocycles. The van der Waals surface area contributed by atoms with Crippen LogP contribution in [0.2, 0.25) is 5.02 Å². The Bertz CT molecular complexity index is 1400. The van der Waals surface area contributed by atoms with E-state index in [1.54, 1.807) is 18.2 Å². The van der Waals surface area contributed by atoms with Crippen LogP contribution in [0.5, 0.6) is 0 Å². The van der Waals surface area contributed by atoms with E-state index in [0.717, 1.165) is 11.3 Å². The first-order valence-corrected chi connectivity index (χ1v) is 13.4. The maximum absolute atomic E-state index is 13.0. The quantitative estimate of drug-likeness (QED) is 0.445. The Balaban J connectivity index is 1.41. The Morgan fingerprint density at radius 1 is 1.14 bits per heavy atom. The number of nitrogens with one attached hydrogen (secondary N) is 2. The molecule has 1 saturated heterocycles. The molecule has 3 N–H and O–H groups in total. The number of hydrogen-bond donors (Lipinski definition) is 3. The molecule has 13 heteroatoms. The summed E-state index contributed by atoms with van der Waals surface area (Å²) in [6.45, 7) is 0.638. The van der Waals surface area contributed by atoms with Gasteiger partial charge in [0.25, 0.3) is 5.91 Å². The zero-order chi connectivity index (χ0) is 25.2. The molecule has 35 heavy (non-hydrogen) atoms. The molecular weight excluding hydrogens is 516 g/mol. The molecule has 1 fully saturated rings. The molecule has 4 amide bonds. The van der Waals surface area contributed by atoms with Crippen LogP contribution < -0.4 is 10.6 Å². The maximum Gasteiger partial charge on any atom is 0.407 e. The molecule has 0 bridgehead atoms. The van der Waals surface area contributed by atoms with Crippen LogP contribution in [-0.2, 0) is 9.84 Å². The van der Waals surface area contributed by atoms with Gasteiger partial charge in [-0.25, -0.2) is 23.0 Å². The molecule has 2 aromatic carbocycles. The van der Waals surface area contributed by atoms with Crippen molar-refractivity contribution in [3.05, 3.63) is 53.1 Å². The summed E-state index contributed by atoms with van der Waals surface area (Å²) < 4.78 is 26.5. The Morgan fingerprint density at radius 2 is 1.86 bits per heavy atom. The van der Waals surface area contributed by atoms with E-state index in [0.29, 0.717) is 36.1 Å². The lowest BCUT2D eigenvalue weighted by atomic mass is 9.99. The number of thiazole rings is 1. The third-order valence-electron chi connectivity index (χ3n) is 5.63. The van der Waals surface area contributed by atoms with E-state index in [9.17, 15) is 22.8 Å². The van der Waals surface area contributed by atoms with Crippen molar-refractivity contribution >= 4 is 66.2 Å². The molecule has 1 aliphatic rings. The molecule has 0 unspecified atom stereocenters. The minimum Gasteiger partial charge on any atom is -0.465 e. The van der Waals surface area contributed by atoms with Gasteiger partial charge in [0.05, 0.1) is 31.5 Å². The molecule has 10 nitrogen and oxygen atoms in total. The number of likely N-dealkylation sites (tertiary alicyclic amines) is 1.